The Morgan fingerprint density at radius 3 is 2.81 bits per heavy atom. The number of nitrogens with two attached hydrogens (primary N) is 1. The van der Waals surface area contributed by atoms with Gasteiger partial charge in [0.15, 0.2) is 0 Å². The molecule has 1 fully saturated rings. The summed E-state index contributed by atoms with van der Waals surface area (Å²) in [6, 6.07) is 10.6. The lowest BCUT2D eigenvalue weighted by atomic mass is 10.00. The van der Waals surface area contributed by atoms with Crippen LogP contribution in [0.15, 0.2) is 30.3 Å². The molecule has 1 aliphatic heterocycles. The van der Waals surface area contributed by atoms with Gasteiger partial charge in [-0.2, -0.15) is 0 Å². The van der Waals surface area contributed by atoms with Crippen molar-refractivity contribution in [3.05, 3.63) is 35.9 Å². The molecule has 3 heteroatoms. The maximum Gasteiger partial charge on any atom is 0.0576 e. The van der Waals surface area contributed by atoms with Gasteiger partial charge in [0.2, 0.25) is 0 Å². The lowest BCUT2D eigenvalue weighted by Crippen LogP contribution is -2.28. The monoisotopic (exact) mass is 220 g/mol. The van der Waals surface area contributed by atoms with E-state index in [1.54, 1.807) is 0 Å². The van der Waals surface area contributed by atoms with Gasteiger partial charge in [0.25, 0.3) is 0 Å². The smallest absolute Gasteiger partial charge is 0.0576 e. The molecule has 1 saturated heterocycles. The Bertz CT molecular complexity index is 296. The first-order valence-electron chi connectivity index (χ1n) is 6.03. The summed E-state index contributed by atoms with van der Waals surface area (Å²) in [5, 5.41) is 0. The lowest BCUT2D eigenvalue weighted by molar-refractivity contribution is 0.0996. The van der Waals surface area contributed by atoms with Gasteiger partial charge in [0.1, 0.15) is 0 Å². The van der Waals surface area contributed by atoms with Crippen LogP contribution in [0.25, 0.3) is 0 Å². The molecule has 16 heavy (non-hydrogen) atoms. The fourth-order valence-corrected chi connectivity index (χ4v) is 2.26. The Hall–Kier alpha value is -0.900. The second-order valence-corrected chi connectivity index (χ2v) is 4.34. The van der Waals surface area contributed by atoms with E-state index < -0.39 is 0 Å². The minimum Gasteiger partial charge on any atom is -0.378 e. The van der Waals surface area contributed by atoms with E-state index in [2.05, 4.69) is 17.6 Å². The van der Waals surface area contributed by atoms with Gasteiger partial charge in [-0.3, -0.25) is 11.3 Å². The summed E-state index contributed by atoms with van der Waals surface area (Å²) in [5.74, 6) is 5.60. The molecular formula is C13H20N2O. The Labute approximate surface area is 97.0 Å². The van der Waals surface area contributed by atoms with Gasteiger partial charge >= 0.3 is 0 Å². The maximum atomic E-state index is 5.62. The van der Waals surface area contributed by atoms with Gasteiger partial charge in [-0.15, -0.1) is 0 Å². The molecule has 0 saturated carbocycles. The zero-order chi connectivity index (χ0) is 11.2. The second kappa shape index (κ2) is 5.99. The van der Waals surface area contributed by atoms with Crippen LogP contribution in [0.2, 0.25) is 0 Å². The summed E-state index contributed by atoms with van der Waals surface area (Å²) in [4.78, 5) is 0. The van der Waals surface area contributed by atoms with Crippen molar-refractivity contribution in [2.75, 3.05) is 6.61 Å². The van der Waals surface area contributed by atoms with Crippen molar-refractivity contribution in [1.29, 1.82) is 0 Å². The van der Waals surface area contributed by atoms with Crippen molar-refractivity contribution in [3.63, 3.8) is 0 Å². The molecular weight excluding hydrogens is 200 g/mol. The first kappa shape index (κ1) is 11.6. The number of hydrogen-bond donors (Lipinski definition) is 2. The predicted octanol–water partition coefficient (Wildman–Crippen LogP) is 2.15. The highest BCUT2D eigenvalue weighted by molar-refractivity contribution is 5.18. The SMILES string of the molecule is NNC(CCC1CCCO1)c1ccccc1. The van der Waals surface area contributed by atoms with E-state index in [9.17, 15) is 0 Å². The number of benzene rings is 1. The third-order valence-electron chi connectivity index (χ3n) is 3.20. The Morgan fingerprint density at radius 1 is 1.38 bits per heavy atom. The highest BCUT2D eigenvalue weighted by Crippen LogP contribution is 2.23. The minimum absolute atomic E-state index is 0.241. The Morgan fingerprint density at radius 2 is 2.19 bits per heavy atom. The van der Waals surface area contributed by atoms with Crippen LogP contribution in [0.3, 0.4) is 0 Å². The van der Waals surface area contributed by atoms with Gasteiger partial charge < -0.3 is 4.74 Å². The quantitative estimate of drug-likeness (QED) is 0.590. The first-order valence-corrected chi connectivity index (χ1v) is 6.03. The number of hydrogen-bond acceptors (Lipinski definition) is 3. The predicted molar refractivity (Wildman–Crippen MR) is 64.7 cm³/mol. The van der Waals surface area contributed by atoms with Crippen molar-refractivity contribution in [2.45, 2.75) is 37.8 Å². The van der Waals surface area contributed by atoms with Crippen LogP contribution in [-0.2, 0) is 4.74 Å². The van der Waals surface area contributed by atoms with Crippen molar-refractivity contribution >= 4 is 0 Å². The van der Waals surface area contributed by atoms with E-state index >= 15 is 0 Å². The third-order valence-corrected chi connectivity index (χ3v) is 3.20. The topological polar surface area (TPSA) is 47.3 Å². The normalized spacial score (nSPS) is 22.2. The summed E-state index contributed by atoms with van der Waals surface area (Å²) in [5.41, 5.74) is 4.14. The van der Waals surface area contributed by atoms with Crippen LogP contribution < -0.4 is 11.3 Å². The maximum absolute atomic E-state index is 5.62. The number of rotatable bonds is 5. The highest BCUT2D eigenvalue weighted by atomic mass is 16.5. The molecule has 1 aromatic rings. The molecule has 0 spiro atoms. The molecule has 0 aliphatic carbocycles. The fraction of sp³-hybridized carbons (Fsp3) is 0.538. The van der Waals surface area contributed by atoms with Gasteiger partial charge in [-0.25, -0.2) is 0 Å². The number of ether oxygens (including phenoxy) is 1. The molecule has 0 bridgehead atoms. The average molecular weight is 220 g/mol. The standard InChI is InChI=1S/C13H20N2O/c14-15-13(11-5-2-1-3-6-11)9-8-12-7-4-10-16-12/h1-3,5-6,12-13,15H,4,7-10,14H2. The molecule has 2 atom stereocenters. The van der Waals surface area contributed by atoms with Crippen molar-refractivity contribution in [1.82, 2.24) is 5.43 Å². The van der Waals surface area contributed by atoms with Gasteiger partial charge in [-0.05, 0) is 31.2 Å². The first-order chi connectivity index (χ1) is 7.90. The lowest BCUT2D eigenvalue weighted by Gasteiger charge is -2.18. The zero-order valence-corrected chi connectivity index (χ0v) is 9.56. The molecule has 1 aromatic carbocycles. The third kappa shape index (κ3) is 3.04. The molecule has 1 heterocycles. The van der Waals surface area contributed by atoms with Gasteiger partial charge in [0, 0.05) is 12.6 Å². The van der Waals surface area contributed by atoms with Crippen molar-refractivity contribution in [2.24, 2.45) is 5.84 Å². The van der Waals surface area contributed by atoms with E-state index in [0.717, 1.165) is 19.4 Å². The Kier molecular flexibility index (Phi) is 4.34. The molecule has 3 N–H and O–H groups in total. The number of hydrazine groups is 1. The number of nitrogens with one attached hydrogen (secondary N) is 1. The summed E-state index contributed by atoms with van der Waals surface area (Å²) in [6.45, 7) is 0.927. The highest BCUT2D eigenvalue weighted by Gasteiger charge is 2.17. The Balaban J connectivity index is 1.85. The van der Waals surface area contributed by atoms with Crippen LogP contribution in [0, 0.1) is 0 Å². The summed E-state index contributed by atoms with van der Waals surface area (Å²) in [7, 11) is 0. The van der Waals surface area contributed by atoms with Crippen LogP contribution in [-0.4, -0.2) is 12.7 Å². The van der Waals surface area contributed by atoms with E-state index in [-0.39, 0.29) is 6.04 Å². The largest absolute Gasteiger partial charge is 0.378 e. The van der Waals surface area contributed by atoms with Crippen LogP contribution >= 0.6 is 0 Å². The molecule has 1 aliphatic rings. The summed E-state index contributed by atoms with van der Waals surface area (Å²) < 4.78 is 5.62. The molecule has 2 rings (SSSR count). The average Bonchev–Trinajstić information content (AvgIpc) is 2.84. The molecule has 0 amide bonds. The van der Waals surface area contributed by atoms with Gasteiger partial charge in [0.05, 0.1) is 6.10 Å². The molecule has 0 aromatic heterocycles. The zero-order valence-electron chi connectivity index (χ0n) is 9.56. The molecule has 3 nitrogen and oxygen atoms in total. The summed E-state index contributed by atoms with van der Waals surface area (Å²) >= 11 is 0. The van der Waals surface area contributed by atoms with Crippen molar-refractivity contribution < 1.29 is 4.74 Å². The second-order valence-electron chi connectivity index (χ2n) is 4.34. The van der Waals surface area contributed by atoms with E-state index in [1.807, 2.05) is 18.2 Å². The van der Waals surface area contributed by atoms with Crippen LogP contribution in [0.1, 0.15) is 37.3 Å². The van der Waals surface area contributed by atoms with Crippen LogP contribution in [0.4, 0.5) is 0 Å². The van der Waals surface area contributed by atoms with Crippen molar-refractivity contribution in [3.8, 4) is 0 Å². The summed E-state index contributed by atoms with van der Waals surface area (Å²) in [6.07, 6.45) is 4.97. The van der Waals surface area contributed by atoms with E-state index in [0.29, 0.717) is 6.10 Å². The van der Waals surface area contributed by atoms with Gasteiger partial charge in [-0.1, -0.05) is 30.3 Å². The fourth-order valence-electron chi connectivity index (χ4n) is 2.26. The minimum atomic E-state index is 0.241. The van der Waals surface area contributed by atoms with E-state index in [4.69, 9.17) is 10.6 Å². The molecule has 2 unspecified atom stereocenters. The molecule has 88 valence electrons. The van der Waals surface area contributed by atoms with Crippen LogP contribution in [0.5, 0.6) is 0 Å². The molecule has 0 radical (unpaired) electrons. The van der Waals surface area contributed by atoms with E-state index in [1.165, 1.54) is 18.4 Å².